The molecule has 1 fully saturated rings. The molecule has 1 aromatic rings. The van der Waals surface area contributed by atoms with E-state index in [4.69, 9.17) is 0 Å². The van der Waals surface area contributed by atoms with Crippen LogP contribution in [0.25, 0.3) is 6.08 Å². The van der Waals surface area contributed by atoms with Gasteiger partial charge >= 0.3 is 0 Å². The molecule has 2 heteroatoms. The summed E-state index contributed by atoms with van der Waals surface area (Å²) in [5.41, 5.74) is 4.33. The molecule has 0 aliphatic heterocycles. The van der Waals surface area contributed by atoms with Crippen molar-refractivity contribution in [3.8, 4) is 0 Å². The Labute approximate surface area is 78.0 Å². The topological polar surface area (TPSA) is 28.7 Å². The Hall–Kier alpha value is -1.05. The molecule has 3 rings (SSSR count). The minimum absolute atomic E-state index is 0.832. The summed E-state index contributed by atoms with van der Waals surface area (Å²) in [5, 5.41) is 7.16. The fourth-order valence-electron chi connectivity index (χ4n) is 2.59. The number of aromatic amines is 1. The van der Waals surface area contributed by atoms with E-state index in [2.05, 4.69) is 16.3 Å². The van der Waals surface area contributed by atoms with Crippen molar-refractivity contribution in [1.29, 1.82) is 0 Å². The zero-order valence-corrected chi connectivity index (χ0v) is 7.71. The molecular weight excluding hydrogens is 160 g/mol. The van der Waals surface area contributed by atoms with Gasteiger partial charge < -0.3 is 0 Å². The highest BCUT2D eigenvalue weighted by Crippen LogP contribution is 2.37. The second kappa shape index (κ2) is 2.72. The lowest BCUT2D eigenvalue weighted by Crippen LogP contribution is -2.16. The highest BCUT2D eigenvalue weighted by molar-refractivity contribution is 5.56. The van der Waals surface area contributed by atoms with Crippen LogP contribution in [0.5, 0.6) is 0 Å². The zero-order chi connectivity index (χ0) is 8.67. The molecule has 2 aliphatic rings. The molecule has 1 N–H and O–H groups in total. The first-order valence-electron chi connectivity index (χ1n) is 5.16. The van der Waals surface area contributed by atoms with Crippen LogP contribution in [0, 0.1) is 5.92 Å². The maximum absolute atomic E-state index is 4.09. The van der Waals surface area contributed by atoms with Gasteiger partial charge in [0.25, 0.3) is 0 Å². The summed E-state index contributed by atoms with van der Waals surface area (Å²) in [7, 11) is 0. The van der Waals surface area contributed by atoms with Crippen LogP contribution >= 0.6 is 0 Å². The maximum atomic E-state index is 4.09. The molecule has 0 radical (unpaired) electrons. The molecule has 0 aromatic carbocycles. The highest BCUT2D eigenvalue weighted by atomic mass is 15.1. The van der Waals surface area contributed by atoms with E-state index in [-0.39, 0.29) is 0 Å². The van der Waals surface area contributed by atoms with E-state index in [0.717, 1.165) is 5.92 Å². The lowest BCUT2D eigenvalue weighted by Gasteiger charge is -2.28. The van der Waals surface area contributed by atoms with Crippen molar-refractivity contribution in [2.45, 2.75) is 32.1 Å². The SMILES string of the molecule is C1=C2CCCCC2Cc2cn[nH]c21. The van der Waals surface area contributed by atoms with Crippen molar-refractivity contribution in [3.63, 3.8) is 0 Å². The lowest BCUT2D eigenvalue weighted by atomic mass is 9.77. The van der Waals surface area contributed by atoms with E-state index in [0.29, 0.717) is 0 Å². The molecule has 2 aliphatic carbocycles. The van der Waals surface area contributed by atoms with Gasteiger partial charge in [-0.1, -0.05) is 12.0 Å². The van der Waals surface area contributed by atoms with Gasteiger partial charge in [-0.2, -0.15) is 5.10 Å². The fourth-order valence-corrected chi connectivity index (χ4v) is 2.59. The predicted molar refractivity (Wildman–Crippen MR) is 52.2 cm³/mol. The summed E-state index contributed by atoms with van der Waals surface area (Å²) >= 11 is 0. The van der Waals surface area contributed by atoms with Gasteiger partial charge in [0.05, 0.1) is 11.9 Å². The first-order valence-corrected chi connectivity index (χ1v) is 5.16. The van der Waals surface area contributed by atoms with E-state index >= 15 is 0 Å². The maximum Gasteiger partial charge on any atom is 0.0609 e. The van der Waals surface area contributed by atoms with Crippen LogP contribution in [0.3, 0.4) is 0 Å². The predicted octanol–water partition coefficient (Wildman–Crippen LogP) is 2.54. The summed E-state index contributed by atoms with van der Waals surface area (Å²) in [5.74, 6) is 0.832. The molecule has 0 saturated heterocycles. The van der Waals surface area contributed by atoms with Crippen LogP contribution in [0.2, 0.25) is 0 Å². The van der Waals surface area contributed by atoms with E-state index in [1.807, 2.05) is 6.20 Å². The monoisotopic (exact) mass is 174 g/mol. The van der Waals surface area contributed by atoms with Crippen molar-refractivity contribution in [3.05, 3.63) is 23.0 Å². The van der Waals surface area contributed by atoms with Gasteiger partial charge in [0.15, 0.2) is 0 Å². The number of nitrogens with zero attached hydrogens (tertiary/aromatic N) is 1. The smallest absolute Gasteiger partial charge is 0.0609 e. The summed E-state index contributed by atoms with van der Waals surface area (Å²) < 4.78 is 0. The van der Waals surface area contributed by atoms with Gasteiger partial charge in [-0.15, -0.1) is 0 Å². The number of fused-ring (bicyclic) bond motifs is 2. The van der Waals surface area contributed by atoms with Crippen molar-refractivity contribution in [2.24, 2.45) is 5.92 Å². The van der Waals surface area contributed by atoms with Gasteiger partial charge in [0, 0.05) is 0 Å². The molecule has 0 bridgehead atoms. The minimum Gasteiger partial charge on any atom is -0.278 e. The summed E-state index contributed by atoms with van der Waals surface area (Å²) in [4.78, 5) is 0. The van der Waals surface area contributed by atoms with E-state index in [1.165, 1.54) is 43.4 Å². The summed E-state index contributed by atoms with van der Waals surface area (Å²) in [6.07, 6.45) is 11.0. The molecule has 13 heavy (non-hydrogen) atoms. The molecule has 0 spiro atoms. The van der Waals surface area contributed by atoms with Crippen LogP contribution in [-0.4, -0.2) is 10.2 Å². The van der Waals surface area contributed by atoms with Crippen LogP contribution in [0.4, 0.5) is 0 Å². The van der Waals surface area contributed by atoms with E-state index in [1.54, 1.807) is 5.57 Å². The number of nitrogens with one attached hydrogen (secondary N) is 1. The number of aromatic nitrogens is 2. The van der Waals surface area contributed by atoms with Crippen molar-refractivity contribution in [2.75, 3.05) is 0 Å². The zero-order valence-electron chi connectivity index (χ0n) is 7.71. The Bertz CT molecular complexity index is 349. The third-order valence-corrected chi connectivity index (χ3v) is 3.34. The Morgan fingerprint density at radius 3 is 3.38 bits per heavy atom. The molecule has 1 heterocycles. The van der Waals surface area contributed by atoms with E-state index < -0.39 is 0 Å². The summed E-state index contributed by atoms with van der Waals surface area (Å²) in [6.45, 7) is 0. The van der Waals surface area contributed by atoms with Gasteiger partial charge in [-0.05, 0) is 43.2 Å². The Kier molecular flexibility index (Phi) is 1.54. The fraction of sp³-hybridized carbons (Fsp3) is 0.545. The number of rotatable bonds is 0. The number of allylic oxidation sites excluding steroid dienone is 1. The molecule has 0 amide bonds. The molecular formula is C11H14N2. The number of hydrogen-bond donors (Lipinski definition) is 1. The van der Waals surface area contributed by atoms with Gasteiger partial charge in [-0.3, -0.25) is 5.10 Å². The molecule has 1 saturated carbocycles. The van der Waals surface area contributed by atoms with Crippen LogP contribution in [-0.2, 0) is 6.42 Å². The third-order valence-electron chi connectivity index (χ3n) is 3.34. The highest BCUT2D eigenvalue weighted by Gasteiger charge is 2.24. The van der Waals surface area contributed by atoms with Crippen molar-refractivity contribution in [1.82, 2.24) is 10.2 Å². The van der Waals surface area contributed by atoms with Crippen LogP contribution < -0.4 is 0 Å². The molecule has 2 nitrogen and oxygen atoms in total. The van der Waals surface area contributed by atoms with Gasteiger partial charge in [-0.25, -0.2) is 0 Å². The van der Waals surface area contributed by atoms with E-state index in [9.17, 15) is 0 Å². The molecule has 1 aromatic heterocycles. The Morgan fingerprint density at radius 2 is 2.38 bits per heavy atom. The first-order chi connectivity index (χ1) is 6.43. The first kappa shape index (κ1) is 7.36. The van der Waals surface area contributed by atoms with Gasteiger partial charge in [0.2, 0.25) is 0 Å². The summed E-state index contributed by atoms with van der Waals surface area (Å²) in [6, 6.07) is 0. The van der Waals surface area contributed by atoms with Crippen molar-refractivity contribution < 1.29 is 0 Å². The van der Waals surface area contributed by atoms with Gasteiger partial charge in [0.1, 0.15) is 0 Å². The molecule has 1 unspecified atom stereocenters. The molecule has 1 atom stereocenters. The van der Waals surface area contributed by atoms with Crippen LogP contribution in [0.1, 0.15) is 36.9 Å². The minimum atomic E-state index is 0.832. The van der Waals surface area contributed by atoms with Crippen LogP contribution in [0.15, 0.2) is 11.8 Å². The average molecular weight is 174 g/mol. The Morgan fingerprint density at radius 1 is 1.38 bits per heavy atom. The number of hydrogen-bond acceptors (Lipinski definition) is 1. The number of H-pyrrole nitrogens is 1. The second-order valence-corrected chi connectivity index (χ2v) is 4.17. The second-order valence-electron chi connectivity index (χ2n) is 4.17. The Balaban J connectivity index is 2.02. The normalized spacial score (nSPS) is 26.2. The standard InChI is InChI=1S/C11H14N2/c1-2-4-9-6-11-10(7-12-13-11)5-8(9)3-1/h6-8H,1-5H2,(H,12,13). The molecule has 68 valence electrons. The third kappa shape index (κ3) is 1.12. The van der Waals surface area contributed by atoms with Crippen molar-refractivity contribution >= 4 is 6.08 Å². The largest absolute Gasteiger partial charge is 0.278 e. The average Bonchev–Trinajstić information content (AvgIpc) is 2.61. The lowest BCUT2D eigenvalue weighted by molar-refractivity contribution is 0.450. The quantitative estimate of drug-likeness (QED) is 0.643.